The zero-order valence-corrected chi connectivity index (χ0v) is 14.5. The predicted molar refractivity (Wildman–Crippen MR) is 84.9 cm³/mol. The minimum absolute atomic E-state index is 0.0776. The summed E-state index contributed by atoms with van der Waals surface area (Å²) in [4.78, 5) is 15.8. The largest absolute Gasteiger partial charge is 0.381 e. The Balaban J connectivity index is 3.53. The number of amides is 1. The van der Waals surface area contributed by atoms with Gasteiger partial charge in [-0.2, -0.15) is 0 Å². The van der Waals surface area contributed by atoms with Crippen LogP contribution in [0.15, 0.2) is 0 Å². The Morgan fingerprint density at radius 3 is 2.00 bits per heavy atom. The van der Waals surface area contributed by atoms with Gasteiger partial charge >= 0.3 is 0 Å². The van der Waals surface area contributed by atoms with Crippen LogP contribution in [0, 0.1) is 5.92 Å². The summed E-state index contributed by atoms with van der Waals surface area (Å²) in [6, 6.07) is 0. The molecule has 0 saturated carbocycles. The molecule has 0 N–H and O–H groups in total. The van der Waals surface area contributed by atoms with Gasteiger partial charge < -0.3 is 14.5 Å². The fourth-order valence-corrected chi connectivity index (χ4v) is 1.80. The first-order chi connectivity index (χ1) is 9.16. The van der Waals surface area contributed by atoms with Gasteiger partial charge in [0.2, 0.25) is 5.91 Å². The van der Waals surface area contributed by atoms with E-state index in [0.29, 0.717) is 0 Å². The minimum atomic E-state index is 0.0776. The van der Waals surface area contributed by atoms with Crippen molar-refractivity contribution in [2.24, 2.45) is 5.92 Å². The molecule has 0 saturated heterocycles. The molecule has 4 nitrogen and oxygen atoms in total. The average molecular weight is 286 g/mol. The van der Waals surface area contributed by atoms with Crippen molar-refractivity contribution < 1.29 is 9.53 Å². The lowest BCUT2D eigenvalue weighted by Crippen LogP contribution is -2.38. The van der Waals surface area contributed by atoms with Gasteiger partial charge in [-0.3, -0.25) is 4.79 Å². The van der Waals surface area contributed by atoms with Crippen LogP contribution in [-0.2, 0) is 9.53 Å². The van der Waals surface area contributed by atoms with Crippen LogP contribution >= 0.6 is 0 Å². The molecule has 0 aromatic rings. The van der Waals surface area contributed by atoms with E-state index >= 15 is 0 Å². The normalized spacial score (nSPS) is 12.2. The zero-order chi connectivity index (χ0) is 15.8. The summed E-state index contributed by atoms with van der Waals surface area (Å²) in [5.41, 5.74) is 0.222. The highest BCUT2D eigenvalue weighted by atomic mass is 16.5. The van der Waals surface area contributed by atoms with E-state index in [4.69, 9.17) is 4.74 Å². The van der Waals surface area contributed by atoms with Gasteiger partial charge in [-0.15, -0.1) is 0 Å². The molecule has 0 unspecified atom stereocenters. The molecule has 120 valence electrons. The molecule has 0 atom stereocenters. The second kappa shape index (κ2) is 9.35. The number of hydrogen-bond acceptors (Lipinski definition) is 3. The van der Waals surface area contributed by atoms with Gasteiger partial charge in [0.05, 0.1) is 0 Å². The highest BCUT2D eigenvalue weighted by molar-refractivity contribution is 5.77. The molecule has 0 fully saturated rings. The van der Waals surface area contributed by atoms with E-state index in [2.05, 4.69) is 32.7 Å². The minimum Gasteiger partial charge on any atom is -0.381 e. The van der Waals surface area contributed by atoms with Crippen LogP contribution in [0.4, 0.5) is 0 Å². The molecule has 0 bridgehead atoms. The Morgan fingerprint density at radius 1 is 1.05 bits per heavy atom. The maximum absolute atomic E-state index is 11.7. The Labute approximate surface area is 125 Å². The van der Waals surface area contributed by atoms with Gasteiger partial charge in [0, 0.05) is 44.8 Å². The van der Waals surface area contributed by atoms with Crippen LogP contribution in [0.5, 0.6) is 0 Å². The topological polar surface area (TPSA) is 32.8 Å². The molecule has 0 aliphatic carbocycles. The molecule has 0 aliphatic rings. The highest BCUT2D eigenvalue weighted by Crippen LogP contribution is 2.10. The smallest absolute Gasteiger partial charge is 0.224 e. The second-order valence-electron chi connectivity index (χ2n) is 6.83. The van der Waals surface area contributed by atoms with Crippen molar-refractivity contribution in [3.63, 3.8) is 0 Å². The van der Waals surface area contributed by atoms with Crippen LogP contribution in [0.2, 0.25) is 0 Å². The maximum Gasteiger partial charge on any atom is 0.224 e. The molecule has 0 radical (unpaired) electrons. The summed E-state index contributed by atoms with van der Waals surface area (Å²) in [6.07, 6.45) is 1.96. The number of hydrogen-bond donors (Lipinski definition) is 0. The number of ether oxygens (including phenoxy) is 1. The summed E-state index contributed by atoms with van der Waals surface area (Å²) in [6.45, 7) is 13.9. The second-order valence-corrected chi connectivity index (χ2v) is 6.83. The molecule has 0 aliphatic heterocycles. The first kappa shape index (κ1) is 19.4. The Bertz CT molecular complexity index is 272. The lowest BCUT2D eigenvalue weighted by Gasteiger charge is -2.31. The average Bonchev–Trinajstić information content (AvgIpc) is 2.34. The quantitative estimate of drug-likeness (QED) is 0.611. The molecule has 20 heavy (non-hydrogen) atoms. The summed E-state index contributed by atoms with van der Waals surface area (Å²) < 4.78 is 5.62. The van der Waals surface area contributed by atoms with Gasteiger partial charge in [-0.25, -0.2) is 0 Å². The Kier molecular flexibility index (Phi) is 9.06. The third-order valence-electron chi connectivity index (χ3n) is 3.58. The molecule has 0 aromatic heterocycles. The van der Waals surface area contributed by atoms with Crippen molar-refractivity contribution in [3.8, 4) is 0 Å². The SMILES string of the molecule is CC(C)C(=O)N(C)CCCOCCCN(C)C(C)(C)C. The molecule has 1 amide bonds. The number of carbonyl (C=O) groups excluding carboxylic acids is 1. The van der Waals surface area contributed by atoms with Gasteiger partial charge in [-0.05, 0) is 40.7 Å². The molecule has 0 rings (SSSR count). The third-order valence-corrected chi connectivity index (χ3v) is 3.58. The van der Waals surface area contributed by atoms with Crippen molar-refractivity contribution >= 4 is 5.91 Å². The first-order valence-corrected chi connectivity index (χ1v) is 7.70. The van der Waals surface area contributed by atoms with Gasteiger partial charge in [0.15, 0.2) is 0 Å². The van der Waals surface area contributed by atoms with Crippen LogP contribution in [-0.4, -0.2) is 61.6 Å². The van der Waals surface area contributed by atoms with Gasteiger partial charge in [-0.1, -0.05) is 13.8 Å². The van der Waals surface area contributed by atoms with Crippen molar-refractivity contribution in [2.75, 3.05) is 40.4 Å². The number of carbonyl (C=O) groups is 1. The summed E-state index contributed by atoms with van der Waals surface area (Å²) in [5.74, 6) is 0.283. The predicted octanol–water partition coefficient (Wildman–Crippen LogP) is 2.63. The number of nitrogens with zero attached hydrogens (tertiary/aromatic N) is 2. The number of rotatable bonds is 9. The van der Waals surface area contributed by atoms with Crippen LogP contribution in [0.25, 0.3) is 0 Å². The Morgan fingerprint density at radius 2 is 1.55 bits per heavy atom. The first-order valence-electron chi connectivity index (χ1n) is 7.70. The summed E-state index contributed by atoms with van der Waals surface area (Å²) in [7, 11) is 4.01. The molecule has 0 spiro atoms. The van der Waals surface area contributed by atoms with Crippen LogP contribution in [0.3, 0.4) is 0 Å². The zero-order valence-electron chi connectivity index (χ0n) is 14.5. The van der Waals surface area contributed by atoms with Crippen molar-refractivity contribution in [1.82, 2.24) is 9.80 Å². The summed E-state index contributed by atoms with van der Waals surface area (Å²) >= 11 is 0. The lowest BCUT2D eigenvalue weighted by atomic mass is 10.1. The van der Waals surface area contributed by atoms with Gasteiger partial charge in [0.1, 0.15) is 0 Å². The molecule has 4 heteroatoms. The molecule has 0 aromatic carbocycles. The van der Waals surface area contributed by atoms with Crippen LogP contribution < -0.4 is 0 Å². The van der Waals surface area contributed by atoms with Crippen molar-refractivity contribution in [3.05, 3.63) is 0 Å². The van der Waals surface area contributed by atoms with E-state index in [-0.39, 0.29) is 17.4 Å². The highest BCUT2D eigenvalue weighted by Gasteiger charge is 2.15. The summed E-state index contributed by atoms with van der Waals surface area (Å²) in [5, 5.41) is 0. The van der Waals surface area contributed by atoms with E-state index in [1.165, 1.54) is 0 Å². The van der Waals surface area contributed by atoms with Gasteiger partial charge in [0.25, 0.3) is 0 Å². The van der Waals surface area contributed by atoms with Crippen LogP contribution in [0.1, 0.15) is 47.5 Å². The van der Waals surface area contributed by atoms with E-state index in [9.17, 15) is 4.79 Å². The van der Waals surface area contributed by atoms with E-state index in [0.717, 1.165) is 39.1 Å². The maximum atomic E-state index is 11.7. The van der Waals surface area contributed by atoms with E-state index in [1.807, 2.05) is 20.9 Å². The molecule has 0 heterocycles. The Hall–Kier alpha value is -0.610. The monoisotopic (exact) mass is 286 g/mol. The van der Waals surface area contributed by atoms with E-state index in [1.54, 1.807) is 4.90 Å². The third kappa shape index (κ3) is 8.54. The standard InChI is InChI=1S/C16H34N2O2/c1-14(2)15(19)17(6)10-8-12-20-13-9-11-18(7)16(3,4)5/h14H,8-13H2,1-7H3. The van der Waals surface area contributed by atoms with Crippen molar-refractivity contribution in [2.45, 2.75) is 53.0 Å². The molecular weight excluding hydrogens is 252 g/mol. The van der Waals surface area contributed by atoms with E-state index < -0.39 is 0 Å². The fourth-order valence-electron chi connectivity index (χ4n) is 1.80. The molecular formula is C16H34N2O2. The lowest BCUT2D eigenvalue weighted by molar-refractivity contribution is -0.133. The van der Waals surface area contributed by atoms with Crippen molar-refractivity contribution in [1.29, 1.82) is 0 Å². The fraction of sp³-hybridized carbons (Fsp3) is 0.938.